The lowest BCUT2D eigenvalue weighted by molar-refractivity contribution is -0.145. The molecule has 1 aliphatic carbocycles. The monoisotopic (exact) mass is 370 g/mol. The van der Waals surface area contributed by atoms with E-state index in [4.69, 9.17) is 4.74 Å². The minimum absolute atomic E-state index is 0.0590. The van der Waals surface area contributed by atoms with Crippen LogP contribution >= 0.6 is 11.3 Å². The van der Waals surface area contributed by atoms with Crippen molar-refractivity contribution in [2.75, 3.05) is 0 Å². The lowest BCUT2D eigenvalue weighted by atomic mass is 9.86. The molecule has 0 atom stereocenters. The average molecular weight is 370 g/mol. The number of hydrogen-bond donors (Lipinski definition) is 0. The van der Waals surface area contributed by atoms with E-state index >= 15 is 0 Å². The maximum atomic E-state index is 12.4. The number of nitrogens with zero attached hydrogens (tertiary/aromatic N) is 2. The molecule has 0 saturated heterocycles. The number of para-hydroxylation sites is 1. The topological polar surface area (TPSA) is 60.7 Å². The van der Waals surface area contributed by atoms with Crippen molar-refractivity contribution in [1.29, 1.82) is 0 Å². The Morgan fingerprint density at radius 2 is 2.04 bits per heavy atom. The maximum absolute atomic E-state index is 12.4. The number of hydrogen-bond acceptors (Lipinski definition) is 5. The summed E-state index contributed by atoms with van der Waals surface area (Å²) in [5.74, 6) is 0.461. The maximum Gasteiger partial charge on any atom is 0.306 e. The van der Waals surface area contributed by atoms with Gasteiger partial charge in [-0.05, 0) is 24.5 Å². The Morgan fingerprint density at radius 3 is 2.88 bits per heavy atom. The zero-order chi connectivity index (χ0) is 17.9. The van der Waals surface area contributed by atoms with E-state index in [1.807, 2.05) is 24.3 Å². The molecule has 2 aromatic heterocycles. The first kappa shape index (κ1) is 17.2. The van der Waals surface area contributed by atoms with Crippen LogP contribution in [0.3, 0.4) is 0 Å². The Bertz CT molecular complexity index is 986. The van der Waals surface area contributed by atoms with Gasteiger partial charge in [0.15, 0.2) is 4.96 Å². The number of aromatic nitrogens is 2. The highest BCUT2D eigenvalue weighted by atomic mass is 32.1. The van der Waals surface area contributed by atoms with Gasteiger partial charge in [0.1, 0.15) is 6.61 Å². The van der Waals surface area contributed by atoms with E-state index in [1.54, 1.807) is 4.40 Å². The summed E-state index contributed by atoms with van der Waals surface area (Å²) in [5, 5.41) is 0. The van der Waals surface area contributed by atoms with Crippen LogP contribution in [-0.4, -0.2) is 15.4 Å². The largest absolute Gasteiger partial charge is 0.459 e. The van der Waals surface area contributed by atoms with E-state index in [0.29, 0.717) is 23.0 Å². The Morgan fingerprint density at radius 1 is 1.23 bits per heavy atom. The number of rotatable bonds is 5. The van der Waals surface area contributed by atoms with E-state index < -0.39 is 0 Å². The standard InChI is InChI=1S/C20H22N2O3S/c23-18-12-15(13-25-19(24)11-10-14-6-2-1-3-7-14)21-20-22(18)16-8-4-5-9-17(16)26-20/h4-5,8-9,12,14H,1-3,6-7,10-11,13H2. The number of thiazole rings is 1. The summed E-state index contributed by atoms with van der Waals surface area (Å²) in [5.41, 5.74) is 1.23. The second-order valence-corrected chi connectivity index (χ2v) is 7.99. The minimum atomic E-state index is -0.200. The van der Waals surface area contributed by atoms with Crippen molar-refractivity contribution >= 4 is 32.5 Å². The number of fused-ring (bicyclic) bond motifs is 3. The van der Waals surface area contributed by atoms with Crippen LogP contribution in [0, 0.1) is 5.92 Å². The van der Waals surface area contributed by atoms with Crippen LogP contribution in [0.25, 0.3) is 15.2 Å². The molecule has 1 aliphatic rings. The predicted octanol–water partition coefficient (Wildman–Crippen LogP) is 4.31. The molecule has 26 heavy (non-hydrogen) atoms. The summed E-state index contributed by atoms with van der Waals surface area (Å²) < 4.78 is 7.97. The van der Waals surface area contributed by atoms with Gasteiger partial charge in [-0.1, -0.05) is 55.6 Å². The molecule has 5 nitrogen and oxygen atoms in total. The van der Waals surface area contributed by atoms with Gasteiger partial charge in [-0.2, -0.15) is 0 Å². The molecule has 0 bridgehead atoms. The number of ether oxygens (including phenoxy) is 1. The second-order valence-electron chi connectivity index (χ2n) is 6.98. The molecular weight excluding hydrogens is 348 g/mol. The Labute approximate surface area is 155 Å². The van der Waals surface area contributed by atoms with Crippen LogP contribution in [0.1, 0.15) is 50.6 Å². The normalized spacial score (nSPS) is 15.5. The quantitative estimate of drug-likeness (QED) is 0.628. The number of carbonyl (C=O) groups excluding carboxylic acids is 1. The van der Waals surface area contributed by atoms with Crippen molar-refractivity contribution in [2.45, 2.75) is 51.6 Å². The van der Waals surface area contributed by atoms with Crippen molar-refractivity contribution in [3.8, 4) is 0 Å². The Hall–Kier alpha value is -2.21. The third-order valence-corrected chi connectivity index (χ3v) is 6.13. The summed E-state index contributed by atoms with van der Waals surface area (Å²) in [6.45, 7) is 0.0590. The molecule has 1 fully saturated rings. The van der Waals surface area contributed by atoms with E-state index in [1.165, 1.54) is 49.5 Å². The number of benzene rings is 1. The highest BCUT2D eigenvalue weighted by Crippen LogP contribution is 2.27. The molecule has 0 aliphatic heterocycles. The van der Waals surface area contributed by atoms with Crippen molar-refractivity contribution in [3.05, 3.63) is 46.4 Å². The Kier molecular flexibility index (Phi) is 5.02. The van der Waals surface area contributed by atoms with Gasteiger partial charge in [0.25, 0.3) is 5.56 Å². The molecule has 0 spiro atoms. The molecule has 2 heterocycles. The summed E-state index contributed by atoms with van der Waals surface area (Å²) in [4.78, 5) is 29.6. The van der Waals surface area contributed by atoms with Gasteiger partial charge in [0.05, 0.1) is 15.9 Å². The average Bonchev–Trinajstić information content (AvgIpc) is 3.04. The summed E-state index contributed by atoms with van der Waals surface area (Å²) in [7, 11) is 0. The highest BCUT2D eigenvalue weighted by Gasteiger charge is 2.16. The molecule has 136 valence electrons. The SMILES string of the molecule is O=C(CCC1CCCCC1)OCc1cc(=O)n2c(n1)sc1ccccc12. The van der Waals surface area contributed by atoms with Crippen molar-refractivity contribution in [3.63, 3.8) is 0 Å². The molecule has 1 aromatic carbocycles. The zero-order valence-electron chi connectivity index (χ0n) is 14.6. The fraction of sp³-hybridized carbons (Fsp3) is 0.450. The van der Waals surface area contributed by atoms with Crippen LogP contribution in [-0.2, 0) is 16.1 Å². The minimum Gasteiger partial charge on any atom is -0.459 e. The number of carbonyl (C=O) groups is 1. The predicted molar refractivity (Wildman–Crippen MR) is 102 cm³/mol. The molecular formula is C20H22N2O3S. The fourth-order valence-electron chi connectivity index (χ4n) is 3.72. The molecule has 3 aromatic rings. The fourth-order valence-corrected chi connectivity index (χ4v) is 4.77. The molecule has 0 unspecified atom stereocenters. The van der Waals surface area contributed by atoms with Gasteiger partial charge in [0, 0.05) is 12.5 Å². The third kappa shape index (κ3) is 3.65. The lowest BCUT2D eigenvalue weighted by Crippen LogP contribution is -2.15. The summed E-state index contributed by atoms with van der Waals surface area (Å²) >= 11 is 1.46. The van der Waals surface area contributed by atoms with Crippen LogP contribution < -0.4 is 5.56 Å². The van der Waals surface area contributed by atoms with Gasteiger partial charge >= 0.3 is 5.97 Å². The molecule has 0 N–H and O–H groups in total. The van der Waals surface area contributed by atoms with E-state index in [9.17, 15) is 9.59 Å². The van der Waals surface area contributed by atoms with Gasteiger partial charge in [-0.15, -0.1) is 0 Å². The molecule has 0 amide bonds. The van der Waals surface area contributed by atoms with Crippen LogP contribution in [0.5, 0.6) is 0 Å². The summed E-state index contributed by atoms with van der Waals surface area (Å²) in [6, 6.07) is 9.19. The lowest BCUT2D eigenvalue weighted by Gasteiger charge is -2.20. The van der Waals surface area contributed by atoms with E-state index in [-0.39, 0.29) is 18.1 Å². The van der Waals surface area contributed by atoms with Crippen LogP contribution in [0.2, 0.25) is 0 Å². The molecule has 4 rings (SSSR count). The first-order valence-corrected chi connectivity index (χ1v) is 10.1. The first-order chi connectivity index (χ1) is 12.7. The van der Waals surface area contributed by atoms with Gasteiger partial charge < -0.3 is 4.74 Å². The first-order valence-electron chi connectivity index (χ1n) is 9.26. The van der Waals surface area contributed by atoms with Gasteiger partial charge in [-0.25, -0.2) is 4.98 Å². The second kappa shape index (κ2) is 7.58. The van der Waals surface area contributed by atoms with Crippen LogP contribution in [0.15, 0.2) is 35.1 Å². The molecule has 1 saturated carbocycles. The zero-order valence-corrected chi connectivity index (χ0v) is 15.5. The molecule has 0 radical (unpaired) electrons. The van der Waals surface area contributed by atoms with Crippen LogP contribution in [0.4, 0.5) is 0 Å². The van der Waals surface area contributed by atoms with E-state index in [0.717, 1.165) is 16.6 Å². The van der Waals surface area contributed by atoms with Gasteiger partial charge in [-0.3, -0.25) is 14.0 Å². The highest BCUT2D eigenvalue weighted by molar-refractivity contribution is 7.23. The summed E-state index contributed by atoms with van der Waals surface area (Å²) in [6.07, 6.45) is 7.70. The number of esters is 1. The third-order valence-electron chi connectivity index (χ3n) is 5.11. The Balaban J connectivity index is 1.41. The smallest absolute Gasteiger partial charge is 0.306 e. The molecule has 6 heteroatoms. The van der Waals surface area contributed by atoms with Crippen molar-refractivity contribution < 1.29 is 9.53 Å². The van der Waals surface area contributed by atoms with Crippen molar-refractivity contribution in [1.82, 2.24) is 9.38 Å². The van der Waals surface area contributed by atoms with Crippen molar-refractivity contribution in [2.24, 2.45) is 5.92 Å². The van der Waals surface area contributed by atoms with E-state index in [2.05, 4.69) is 4.98 Å². The van der Waals surface area contributed by atoms with Gasteiger partial charge in [0.2, 0.25) is 0 Å².